The molecule has 0 radical (unpaired) electrons. The molecule has 2 unspecified atom stereocenters. The predicted octanol–water partition coefficient (Wildman–Crippen LogP) is 2.79. The fourth-order valence-corrected chi connectivity index (χ4v) is 1.80. The second-order valence-electron chi connectivity index (χ2n) is 6.02. The number of allylic oxidation sites excluding steroid dienone is 4. The Balaban J connectivity index is 5.17. The molecule has 130 valence electrons. The molecule has 0 aliphatic rings. The molecule has 0 aliphatic carbocycles. The molecule has 0 aliphatic heterocycles. The van der Waals surface area contributed by atoms with Gasteiger partial charge in [-0.3, -0.25) is 0 Å². The van der Waals surface area contributed by atoms with Gasteiger partial charge >= 0.3 is 12.1 Å². The first kappa shape index (κ1) is 20.9. The average Bonchev–Trinajstić information content (AvgIpc) is 2.41. The van der Waals surface area contributed by atoms with Crippen LogP contribution in [0.5, 0.6) is 0 Å². The summed E-state index contributed by atoms with van der Waals surface area (Å²) in [6.45, 7) is 10.6. The fourth-order valence-electron chi connectivity index (χ4n) is 1.80. The molecule has 3 N–H and O–H groups in total. The van der Waals surface area contributed by atoms with Crippen LogP contribution in [0.4, 0.5) is 4.79 Å². The number of carboxylic acid groups (broad SMARTS) is 1. The lowest BCUT2D eigenvalue weighted by Gasteiger charge is -2.25. The Morgan fingerprint density at radius 2 is 1.96 bits per heavy atom. The van der Waals surface area contributed by atoms with E-state index in [0.29, 0.717) is 0 Å². The highest BCUT2D eigenvalue weighted by molar-refractivity contribution is 5.75. The highest BCUT2D eigenvalue weighted by Crippen LogP contribution is 2.14. The van der Waals surface area contributed by atoms with E-state index in [1.165, 1.54) is 0 Å². The van der Waals surface area contributed by atoms with Gasteiger partial charge in [0.25, 0.3) is 0 Å². The van der Waals surface area contributed by atoms with Gasteiger partial charge in [-0.15, -0.1) is 0 Å². The molecule has 0 rings (SSSR count). The van der Waals surface area contributed by atoms with Gasteiger partial charge in [-0.2, -0.15) is 0 Å². The maximum atomic E-state index is 11.9. The van der Waals surface area contributed by atoms with Gasteiger partial charge in [0.15, 0.2) is 6.10 Å². The highest BCUT2D eigenvalue weighted by atomic mass is 16.6. The molecule has 2 atom stereocenters. The van der Waals surface area contributed by atoms with Crippen LogP contribution in [0.3, 0.4) is 0 Å². The number of aliphatic hydroxyl groups excluding tert-OH is 1. The van der Waals surface area contributed by atoms with Crippen molar-refractivity contribution in [1.29, 1.82) is 0 Å². The molecular weight excluding hydrogens is 298 g/mol. The second-order valence-corrected chi connectivity index (χ2v) is 6.02. The summed E-state index contributed by atoms with van der Waals surface area (Å²) in [7, 11) is 0. The minimum Gasteiger partial charge on any atom is -0.479 e. The van der Waals surface area contributed by atoms with Crippen LogP contribution in [0.2, 0.25) is 0 Å². The number of carboxylic acids is 1. The summed E-state index contributed by atoms with van der Waals surface area (Å²) in [5, 5.41) is 21.3. The van der Waals surface area contributed by atoms with Gasteiger partial charge in [0.05, 0.1) is 6.04 Å². The maximum Gasteiger partial charge on any atom is 0.407 e. The summed E-state index contributed by atoms with van der Waals surface area (Å²) >= 11 is 0. The molecule has 6 heteroatoms. The van der Waals surface area contributed by atoms with Crippen LogP contribution < -0.4 is 5.32 Å². The van der Waals surface area contributed by atoms with Gasteiger partial charge < -0.3 is 20.3 Å². The second kappa shape index (κ2) is 9.84. The average molecular weight is 325 g/mol. The molecular formula is C17H27NO5. The third-order valence-electron chi connectivity index (χ3n) is 2.70. The highest BCUT2D eigenvalue weighted by Gasteiger charge is 2.29. The molecule has 0 aromatic heterocycles. The van der Waals surface area contributed by atoms with Crippen molar-refractivity contribution >= 4 is 12.1 Å². The zero-order chi connectivity index (χ0) is 18.0. The third kappa shape index (κ3) is 9.52. The molecule has 0 saturated heterocycles. The molecule has 23 heavy (non-hydrogen) atoms. The Labute approximate surface area is 137 Å². The SMILES string of the molecule is C=C/C=C\C(=CCC)CC(NC(=O)OC(C)(C)C)C(O)C(=O)O. The lowest BCUT2D eigenvalue weighted by atomic mass is 10.00. The van der Waals surface area contributed by atoms with Crippen LogP contribution in [0.15, 0.2) is 36.5 Å². The van der Waals surface area contributed by atoms with Crippen molar-refractivity contribution in [3.8, 4) is 0 Å². The summed E-state index contributed by atoms with van der Waals surface area (Å²) in [6.07, 6.45) is 5.33. The van der Waals surface area contributed by atoms with Crippen LogP contribution in [0.1, 0.15) is 40.5 Å². The fraction of sp³-hybridized carbons (Fsp3) is 0.529. The van der Waals surface area contributed by atoms with Crippen LogP contribution in [0.25, 0.3) is 0 Å². The van der Waals surface area contributed by atoms with E-state index < -0.39 is 29.8 Å². The first-order valence-electron chi connectivity index (χ1n) is 7.49. The number of hydrogen-bond donors (Lipinski definition) is 3. The van der Waals surface area contributed by atoms with E-state index in [2.05, 4.69) is 11.9 Å². The van der Waals surface area contributed by atoms with Crippen molar-refractivity contribution in [3.05, 3.63) is 36.5 Å². The van der Waals surface area contributed by atoms with Gasteiger partial charge in [-0.1, -0.05) is 37.8 Å². The normalized spacial score (nSPS) is 15.1. The lowest BCUT2D eigenvalue weighted by molar-refractivity contribution is -0.148. The first-order chi connectivity index (χ1) is 10.6. The third-order valence-corrected chi connectivity index (χ3v) is 2.70. The number of ether oxygens (including phenoxy) is 1. The molecule has 0 bridgehead atoms. The van der Waals surface area contributed by atoms with E-state index in [1.54, 1.807) is 39.0 Å². The zero-order valence-electron chi connectivity index (χ0n) is 14.2. The van der Waals surface area contributed by atoms with E-state index in [1.807, 2.05) is 13.0 Å². The molecule has 0 heterocycles. The topological polar surface area (TPSA) is 95.9 Å². The number of aliphatic hydroxyl groups is 1. The number of carbonyl (C=O) groups excluding carboxylic acids is 1. The zero-order valence-corrected chi connectivity index (χ0v) is 14.2. The van der Waals surface area contributed by atoms with Crippen molar-refractivity contribution in [2.75, 3.05) is 0 Å². The standard InChI is InChI=1S/C17H27NO5/c1-6-8-10-12(9-7-2)11-13(14(19)15(20)21)18-16(22)23-17(3,4)5/h6,8-10,13-14,19H,1,7,11H2,2-5H3,(H,18,22)(H,20,21)/b10-8-,12-9?. The number of alkyl carbamates (subject to hydrolysis) is 1. The lowest BCUT2D eigenvalue weighted by Crippen LogP contribution is -2.48. The minimum absolute atomic E-state index is 0.158. The van der Waals surface area contributed by atoms with E-state index in [4.69, 9.17) is 9.84 Å². The first-order valence-corrected chi connectivity index (χ1v) is 7.49. The smallest absolute Gasteiger partial charge is 0.407 e. The van der Waals surface area contributed by atoms with E-state index >= 15 is 0 Å². The van der Waals surface area contributed by atoms with E-state index in [-0.39, 0.29) is 6.42 Å². The summed E-state index contributed by atoms with van der Waals surface area (Å²) in [5.41, 5.74) is 0.0712. The molecule has 0 saturated carbocycles. The van der Waals surface area contributed by atoms with Crippen molar-refractivity contribution < 1.29 is 24.5 Å². The van der Waals surface area contributed by atoms with Gasteiger partial charge in [0.2, 0.25) is 0 Å². The predicted molar refractivity (Wildman–Crippen MR) is 89.1 cm³/mol. The number of nitrogens with one attached hydrogen (secondary N) is 1. The Hall–Kier alpha value is -2.08. The van der Waals surface area contributed by atoms with Crippen LogP contribution >= 0.6 is 0 Å². The van der Waals surface area contributed by atoms with Gasteiger partial charge in [0.1, 0.15) is 5.60 Å². The summed E-state index contributed by atoms with van der Waals surface area (Å²) in [5.74, 6) is -1.41. The van der Waals surface area contributed by atoms with Gasteiger partial charge in [-0.25, -0.2) is 9.59 Å². The van der Waals surface area contributed by atoms with E-state index in [0.717, 1.165) is 12.0 Å². The quantitative estimate of drug-likeness (QED) is 0.596. The van der Waals surface area contributed by atoms with Crippen LogP contribution in [-0.4, -0.2) is 40.0 Å². The molecule has 6 nitrogen and oxygen atoms in total. The van der Waals surface area contributed by atoms with Crippen LogP contribution in [-0.2, 0) is 9.53 Å². The molecule has 0 aromatic rings. The number of aliphatic carboxylic acids is 1. The van der Waals surface area contributed by atoms with Crippen molar-refractivity contribution in [2.24, 2.45) is 0 Å². The number of carbonyl (C=O) groups is 2. The van der Waals surface area contributed by atoms with Crippen LogP contribution in [0, 0.1) is 0 Å². The Kier molecular flexibility index (Phi) is 8.95. The monoisotopic (exact) mass is 325 g/mol. The van der Waals surface area contributed by atoms with Gasteiger partial charge in [0, 0.05) is 0 Å². The Morgan fingerprint density at radius 3 is 2.39 bits per heavy atom. The molecule has 0 fully saturated rings. The number of amides is 1. The summed E-state index contributed by atoms with van der Waals surface area (Å²) in [4.78, 5) is 22.9. The molecule has 0 aromatic carbocycles. The number of hydrogen-bond acceptors (Lipinski definition) is 4. The minimum atomic E-state index is -1.74. The number of rotatable bonds is 8. The Bertz CT molecular complexity index is 474. The maximum absolute atomic E-state index is 11.9. The molecule has 0 spiro atoms. The van der Waals surface area contributed by atoms with Gasteiger partial charge in [-0.05, 0) is 39.2 Å². The van der Waals surface area contributed by atoms with Crippen molar-refractivity contribution in [3.63, 3.8) is 0 Å². The summed E-state index contributed by atoms with van der Waals surface area (Å²) < 4.78 is 5.11. The molecule has 1 amide bonds. The summed E-state index contributed by atoms with van der Waals surface area (Å²) in [6, 6.07) is -1.00. The van der Waals surface area contributed by atoms with Crippen molar-refractivity contribution in [1.82, 2.24) is 5.32 Å². The van der Waals surface area contributed by atoms with E-state index in [9.17, 15) is 14.7 Å². The van der Waals surface area contributed by atoms with Crippen molar-refractivity contribution in [2.45, 2.75) is 58.3 Å². The largest absolute Gasteiger partial charge is 0.479 e. The Morgan fingerprint density at radius 1 is 1.35 bits per heavy atom.